The number of non-ortho nitro benzene ring substituents is 1. The van der Waals surface area contributed by atoms with Gasteiger partial charge in [0.15, 0.2) is 0 Å². The van der Waals surface area contributed by atoms with Crippen molar-refractivity contribution in [3.8, 4) is 0 Å². The molecule has 0 spiro atoms. The number of rotatable bonds is 6. The number of nitrogens with one attached hydrogen (secondary N) is 3. The number of benzene rings is 4. The maximum atomic E-state index is 12.9. The predicted molar refractivity (Wildman–Crippen MR) is 192 cm³/mol. The monoisotopic (exact) mass is 745 g/mol. The number of hydrogen-bond donors (Lipinski definition) is 3. The van der Waals surface area contributed by atoms with E-state index in [1.165, 1.54) is 23.9 Å². The van der Waals surface area contributed by atoms with Crippen molar-refractivity contribution in [3.63, 3.8) is 0 Å². The van der Waals surface area contributed by atoms with E-state index in [0.717, 1.165) is 55.4 Å². The summed E-state index contributed by atoms with van der Waals surface area (Å²) >= 11 is 3.01. The topological polar surface area (TPSA) is 166 Å². The number of carbonyl (C=O) groups is 2. The number of sulfonamides is 1. The van der Waals surface area contributed by atoms with Crippen LogP contribution in [0.4, 0.5) is 28.4 Å². The van der Waals surface area contributed by atoms with Gasteiger partial charge in [-0.05, 0) is 42.5 Å². The van der Waals surface area contributed by atoms with Gasteiger partial charge >= 0.3 is 0 Å². The fourth-order valence-corrected chi connectivity index (χ4v) is 9.88. The second-order valence-electron chi connectivity index (χ2n) is 12.1. The molecule has 14 nitrogen and oxygen atoms in total. The summed E-state index contributed by atoms with van der Waals surface area (Å²) in [6, 6.07) is 21.5. The summed E-state index contributed by atoms with van der Waals surface area (Å²) < 4.78 is 33.8. The molecule has 5 aliphatic heterocycles. The van der Waals surface area contributed by atoms with E-state index in [-0.39, 0.29) is 22.4 Å². The smallest absolute Gasteiger partial charge is 0.271 e. The van der Waals surface area contributed by atoms with E-state index in [4.69, 9.17) is 4.74 Å². The van der Waals surface area contributed by atoms with Crippen LogP contribution >= 0.6 is 23.5 Å². The molecule has 5 heterocycles. The van der Waals surface area contributed by atoms with Gasteiger partial charge in [-0.2, -0.15) is 0 Å². The van der Waals surface area contributed by atoms with Crippen LogP contribution in [0.3, 0.4) is 0 Å². The lowest BCUT2D eigenvalue weighted by Crippen LogP contribution is -2.42. The maximum Gasteiger partial charge on any atom is 0.271 e. The highest BCUT2D eigenvalue weighted by Crippen LogP contribution is 2.52. The molecule has 0 unspecified atom stereocenters. The summed E-state index contributed by atoms with van der Waals surface area (Å²) in [5.74, 6) is -0.383. The van der Waals surface area contributed by atoms with Gasteiger partial charge in [-0.1, -0.05) is 41.7 Å². The van der Waals surface area contributed by atoms with Crippen LogP contribution in [0.15, 0.2) is 97.3 Å². The molecule has 4 aromatic rings. The average molecular weight is 746 g/mol. The maximum absolute atomic E-state index is 12.9. The molecule has 0 aromatic heterocycles. The lowest BCUT2D eigenvalue weighted by Gasteiger charge is -2.37. The van der Waals surface area contributed by atoms with Gasteiger partial charge in [0, 0.05) is 57.9 Å². The van der Waals surface area contributed by atoms with Gasteiger partial charge in [-0.15, -0.1) is 0 Å². The molecule has 0 atom stereocenters. The number of nitrogens with zero attached hydrogens (tertiary/aromatic N) is 4. The molecule has 0 aliphatic carbocycles. The number of hydrogen-bond acceptors (Lipinski definition) is 12. The zero-order valence-electron chi connectivity index (χ0n) is 27.0. The summed E-state index contributed by atoms with van der Waals surface area (Å²) in [6.07, 6.45) is 0. The summed E-state index contributed by atoms with van der Waals surface area (Å²) in [6.45, 7) is 4.69. The Kier molecular flexibility index (Phi) is 8.85. The lowest BCUT2D eigenvalue weighted by atomic mass is 10.1. The van der Waals surface area contributed by atoms with E-state index in [0.29, 0.717) is 50.8 Å². The molecule has 5 aliphatic rings. The molecule has 17 heteroatoms. The van der Waals surface area contributed by atoms with Gasteiger partial charge < -0.3 is 25.2 Å². The molecule has 0 bridgehead atoms. The van der Waals surface area contributed by atoms with Gasteiger partial charge in [-0.25, -0.2) is 13.1 Å². The zero-order valence-corrected chi connectivity index (χ0v) is 29.4. The quantitative estimate of drug-likeness (QED) is 0.187. The van der Waals surface area contributed by atoms with Gasteiger partial charge in [0.25, 0.3) is 17.5 Å². The first-order chi connectivity index (χ1) is 24.7. The minimum absolute atomic E-state index is 0.0624. The van der Waals surface area contributed by atoms with Gasteiger partial charge in [-0.3, -0.25) is 24.6 Å². The number of anilines is 4. The number of ether oxygens (including phenoxy) is 1. The van der Waals surface area contributed by atoms with Crippen molar-refractivity contribution in [1.29, 1.82) is 0 Å². The van der Waals surface area contributed by atoms with E-state index < -0.39 is 14.9 Å². The van der Waals surface area contributed by atoms with E-state index in [2.05, 4.69) is 20.3 Å². The molecule has 262 valence electrons. The number of amides is 2. The van der Waals surface area contributed by atoms with Crippen molar-refractivity contribution in [1.82, 2.24) is 20.3 Å². The van der Waals surface area contributed by atoms with E-state index in [1.807, 2.05) is 52.3 Å². The molecular weight excluding hydrogens is 715 g/mol. The van der Waals surface area contributed by atoms with Gasteiger partial charge in [0.1, 0.15) is 0 Å². The molecule has 2 amide bonds. The molecule has 9 rings (SSSR count). The van der Waals surface area contributed by atoms with Gasteiger partial charge in [0.2, 0.25) is 10.0 Å². The van der Waals surface area contributed by atoms with E-state index in [1.54, 1.807) is 30.0 Å². The Hall–Kier alpha value is -4.65. The van der Waals surface area contributed by atoms with Crippen molar-refractivity contribution < 1.29 is 27.7 Å². The van der Waals surface area contributed by atoms with Gasteiger partial charge in [0.05, 0.1) is 70.2 Å². The third kappa shape index (κ3) is 6.30. The van der Waals surface area contributed by atoms with Crippen LogP contribution in [0.5, 0.6) is 0 Å². The highest BCUT2D eigenvalue weighted by molar-refractivity contribution is 8.00. The van der Waals surface area contributed by atoms with E-state index in [9.17, 15) is 28.1 Å². The molecule has 1 saturated heterocycles. The third-order valence-corrected chi connectivity index (χ3v) is 12.7. The number of carbonyl (C=O) groups excluding carboxylic acids is 2. The Morgan fingerprint density at radius 3 is 2.24 bits per heavy atom. The minimum atomic E-state index is -3.64. The van der Waals surface area contributed by atoms with Crippen LogP contribution in [0.2, 0.25) is 0 Å². The summed E-state index contributed by atoms with van der Waals surface area (Å²) in [5, 5.41) is 16.7. The Morgan fingerprint density at radius 2 is 1.45 bits per heavy atom. The van der Waals surface area contributed by atoms with Crippen molar-refractivity contribution >= 4 is 73.8 Å². The number of morpholine rings is 1. The first-order valence-electron chi connectivity index (χ1n) is 16.1. The fraction of sp³-hybridized carbons (Fsp3) is 0.235. The molecule has 0 saturated carbocycles. The summed E-state index contributed by atoms with van der Waals surface area (Å²) in [7, 11) is -3.64. The Balaban J connectivity index is 0.000000156. The number of nitro groups is 1. The summed E-state index contributed by atoms with van der Waals surface area (Å²) in [4.78, 5) is 45.0. The first-order valence-corrected chi connectivity index (χ1v) is 19.2. The number of nitro benzene ring substituents is 1. The van der Waals surface area contributed by atoms with Crippen molar-refractivity contribution in [2.75, 3.05) is 62.5 Å². The lowest BCUT2D eigenvalue weighted by molar-refractivity contribution is -0.385. The minimum Gasteiger partial charge on any atom is -0.379 e. The number of fused-ring (bicyclic) bond motifs is 4. The van der Waals surface area contributed by atoms with Crippen LogP contribution in [-0.4, -0.2) is 82.8 Å². The van der Waals surface area contributed by atoms with Crippen LogP contribution in [0.1, 0.15) is 20.7 Å². The highest BCUT2D eigenvalue weighted by Gasteiger charge is 2.35. The molecule has 51 heavy (non-hydrogen) atoms. The summed E-state index contributed by atoms with van der Waals surface area (Å²) in [5.41, 5.74) is 4.29. The second kappa shape index (κ2) is 13.5. The Morgan fingerprint density at radius 1 is 0.784 bits per heavy atom. The van der Waals surface area contributed by atoms with Crippen molar-refractivity contribution in [2.45, 2.75) is 24.5 Å². The Bertz CT molecular complexity index is 2210. The first kappa shape index (κ1) is 33.5. The molecule has 4 aromatic carbocycles. The highest BCUT2D eigenvalue weighted by atomic mass is 32.2. The molecular formula is C34H31N7O7S3. The van der Waals surface area contributed by atoms with Crippen molar-refractivity contribution in [3.05, 3.63) is 94.0 Å². The van der Waals surface area contributed by atoms with Crippen LogP contribution < -0.4 is 25.2 Å². The van der Waals surface area contributed by atoms with Crippen LogP contribution in [0.25, 0.3) is 0 Å². The second-order valence-corrected chi connectivity index (χ2v) is 16.0. The number of para-hydroxylation sites is 2. The largest absolute Gasteiger partial charge is 0.379 e. The standard InChI is InChI=1S/C20H22N4O4S2.C14H9N3O3S/c25-20-15-2-1-3-18-19(15)24(13-21-20)16-12-14(4-5-17(16)29-18)30(26,27)22-6-7-23-8-10-28-11-9-23;18-14-9-5-8(17(19)20)6-12-13(9)16(7-15-14)10-3-1-2-4-11(10)21-12/h1-5,12,22H,6-11,13H2,(H,21,25);1-6H,7H2,(H,15,18). The predicted octanol–water partition coefficient (Wildman–Crippen LogP) is 4.50. The zero-order chi connectivity index (χ0) is 35.3. The average Bonchev–Trinajstić information content (AvgIpc) is 3.14. The van der Waals surface area contributed by atoms with Crippen molar-refractivity contribution in [2.24, 2.45) is 0 Å². The molecule has 0 radical (unpaired) electrons. The molecule has 3 N–H and O–H groups in total. The Labute approximate surface area is 301 Å². The van der Waals surface area contributed by atoms with E-state index >= 15 is 0 Å². The SMILES string of the molecule is O=C1NCN2c3cc(S(=O)(=O)NCCN4CCOCC4)ccc3Sc3cccc1c32.O=C1NCN2c3ccccc3Sc3cc([N+](=O)[O-])cc1c32. The fourth-order valence-electron chi connectivity index (χ4n) is 6.57. The van der Waals surface area contributed by atoms with Crippen LogP contribution in [0, 0.1) is 10.1 Å². The van der Waals surface area contributed by atoms with Crippen LogP contribution in [-0.2, 0) is 14.8 Å². The third-order valence-electron chi connectivity index (χ3n) is 9.05. The molecule has 1 fully saturated rings. The normalized spacial score (nSPS) is 17.1.